The molecule has 94 valence electrons. The molecule has 1 aromatic carbocycles. The zero-order chi connectivity index (χ0) is 13.7. The van der Waals surface area contributed by atoms with Crippen LogP contribution in [0.5, 0.6) is 11.6 Å². The van der Waals surface area contributed by atoms with Crippen molar-refractivity contribution in [2.75, 3.05) is 0 Å². The van der Waals surface area contributed by atoms with Crippen molar-refractivity contribution in [2.45, 2.75) is 6.42 Å². The first-order valence-corrected chi connectivity index (χ1v) is 5.53. The molecular weight excluding hydrogens is 244 g/mol. The van der Waals surface area contributed by atoms with Crippen molar-refractivity contribution >= 4 is 5.97 Å². The van der Waals surface area contributed by atoms with Crippen LogP contribution in [0.1, 0.15) is 11.3 Å². The van der Waals surface area contributed by atoms with Crippen molar-refractivity contribution in [3.05, 3.63) is 53.7 Å². The van der Waals surface area contributed by atoms with E-state index in [1.54, 1.807) is 42.5 Å². The maximum Gasteiger partial charge on any atom is 0.307 e. The van der Waals surface area contributed by atoms with E-state index < -0.39 is 5.97 Å². The zero-order valence-electron chi connectivity index (χ0n) is 9.91. The first kappa shape index (κ1) is 12.6. The third-order valence-electron chi connectivity index (χ3n) is 2.34. The highest BCUT2D eigenvalue weighted by Crippen LogP contribution is 2.20. The van der Waals surface area contributed by atoms with Gasteiger partial charge in [-0.15, -0.1) is 0 Å². The standard InChI is InChI=1S/C14H10N2O3/c15-9-11-2-1-3-13(16-11)19-12-6-4-10(5-7-12)8-14(17)18/h1-7H,8H2,(H,17,18). The summed E-state index contributed by atoms with van der Waals surface area (Å²) in [6.45, 7) is 0. The van der Waals surface area contributed by atoms with Crippen molar-refractivity contribution in [3.8, 4) is 17.7 Å². The fourth-order valence-corrected chi connectivity index (χ4v) is 1.50. The Labute approximate surface area is 109 Å². The number of aliphatic carboxylic acids is 1. The molecule has 0 fully saturated rings. The Hall–Kier alpha value is -2.87. The van der Waals surface area contributed by atoms with Gasteiger partial charge in [-0.3, -0.25) is 4.79 Å². The van der Waals surface area contributed by atoms with Crippen LogP contribution in [-0.2, 0) is 11.2 Å². The summed E-state index contributed by atoms with van der Waals surface area (Å²) in [5.74, 6) is -0.0150. The summed E-state index contributed by atoms with van der Waals surface area (Å²) >= 11 is 0. The molecule has 0 radical (unpaired) electrons. The molecule has 1 aromatic heterocycles. The number of benzene rings is 1. The smallest absolute Gasteiger partial charge is 0.307 e. The molecule has 0 unspecified atom stereocenters. The molecule has 5 nitrogen and oxygen atoms in total. The number of aromatic nitrogens is 1. The summed E-state index contributed by atoms with van der Waals surface area (Å²) in [7, 11) is 0. The number of nitriles is 1. The summed E-state index contributed by atoms with van der Waals surface area (Å²) in [6, 6.07) is 13.5. The van der Waals surface area contributed by atoms with E-state index in [2.05, 4.69) is 4.98 Å². The lowest BCUT2D eigenvalue weighted by atomic mass is 10.1. The Bertz CT molecular complexity index is 630. The highest BCUT2D eigenvalue weighted by atomic mass is 16.5. The fraction of sp³-hybridized carbons (Fsp3) is 0.0714. The normalized spacial score (nSPS) is 9.63. The molecule has 0 saturated heterocycles. The molecule has 0 amide bonds. The Morgan fingerprint density at radius 2 is 2.00 bits per heavy atom. The molecule has 0 spiro atoms. The first-order valence-electron chi connectivity index (χ1n) is 5.53. The predicted octanol–water partition coefficient (Wildman–Crippen LogP) is 2.37. The van der Waals surface area contributed by atoms with Gasteiger partial charge >= 0.3 is 5.97 Å². The maximum absolute atomic E-state index is 10.5. The molecule has 2 rings (SSSR count). The monoisotopic (exact) mass is 254 g/mol. The van der Waals surface area contributed by atoms with Crippen LogP contribution < -0.4 is 4.74 Å². The topological polar surface area (TPSA) is 83.2 Å². The second-order valence-electron chi connectivity index (χ2n) is 3.79. The van der Waals surface area contributed by atoms with E-state index >= 15 is 0 Å². The highest BCUT2D eigenvalue weighted by Gasteiger charge is 2.03. The van der Waals surface area contributed by atoms with Crippen molar-refractivity contribution in [1.29, 1.82) is 5.26 Å². The lowest BCUT2D eigenvalue weighted by Crippen LogP contribution is -1.99. The van der Waals surface area contributed by atoms with Gasteiger partial charge in [0.1, 0.15) is 17.5 Å². The summed E-state index contributed by atoms with van der Waals surface area (Å²) in [5.41, 5.74) is 0.971. The molecule has 2 aromatic rings. The quantitative estimate of drug-likeness (QED) is 0.905. The van der Waals surface area contributed by atoms with Gasteiger partial charge in [0.25, 0.3) is 0 Å². The van der Waals surface area contributed by atoms with E-state index in [1.807, 2.05) is 6.07 Å². The lowest BCUT2D eigenvalue weighted by molar-refractivity contribution is -0.136. The Morgan fingerprint density at radius 1 is 1.26 bits per heavy atom. The number of carboxylic acid groups (broad SMARTS) is 1. The van der Waals surface area contributed by atoms with E-state index in [9.17, 15) is 4.79 Å². The minimum absolute atomic E-state index is 0.0253. The number of carbonyl (C=O) groups is 1. The number of carboxylic acids is 1. The third kappa shape index (κ3) is 3.54. The van der Waals surface area contributed by atoms with E-state index in [0.717, 1.165) is 0 Å². The minimum atomic E-state index is -0.878. The number of pyridine rings is 1. The molecule has 1 N–H and O–H groups in total. The van der Waals surface area contributed by atoms with Crippen molar-refractivity contribution < 1.29 is 14.6 Å². The minimum Gasteiger partial charge on any atom is -0.481 e. The Balaban J connectivity index is 2.11. The Kier molecular flexibility index (Phi) is 3.74. The molecule has 19 heavy (non-hydrogen) atoms. The van der Waals surface area contributed by atoms with Gasteiger partial charge < -0.3 is 9.84 Å². The van der Waals surface area contributed by atoms with Crippen LogP contribution in [0.2, 0.25) is 0 Å². The summed E-state index contributed by atoms with van der Waals surface area (Å²) < 4.78 is 5.47. The van der Waals surface area contributed by atoms with Crippen LogP contribution in [0.4, 0.5) is 0 Å². The van der Waals surface area contributed by atoms with E-state index in [0.29, 0.717) is 17.2 Å². The Morgan fingerprint density at radius 3 is 2.63 bits per heavy atom. The van der Waals surface area contributed by atoms with Crippen LogP contribution in [-0.4, -0.2) is 16.1 Å². The average molecular weight is 254 g/mol. The largest absolute Gasteiger partial charge is 0.481 e. The van der Waals surface area contributed by atoms with Gasteiger partial charge in [-0.2, -0.15) is 5.26 Å². The average Bonchev–Trinajstić information content (AvgIpc) is 2.41. The molecule has 0 atom stereocenters. The molecule has 0 aliphatic heterocycles. The maximum atomic E-state index is 10.5. The van der Waals surface area contributed by atoms with Crippen LogP contribution >= 0.6 is 0 Å². The molecular formula is C14H10N2O3. The third-order valence-corrected chi connectivity index (χ3v) is 2.34. The molecule has 0 bridgehead atoms. The number of rotatable bonds is 4. The van der Waals surface area contributed by atoms with Gasteiger partial charge in [0.15, 0.2) is 0 Å². The summed E-state index contributed by atoms with van der Waals surface area (Å²) in [4.78, 5) is 14.5. The molecule has 5 heteroatoms. The zero-order valence-corrected chi connectivity index (χ0v) is 9.91. The summed E-state index contributed by atoms with van der Waals surface area (Å²) in [5, 5.41) is 17.4. The molecule has 1 heterocycles. The number of ether oxygens (including phenoxy) is 1. The van der Waals surface area contributed by atoms with Gasteiger partial charge in [-0.1, -0.05) is 18.2 Å². The van der Waals surface area contributed by atoms with Crippen molar-refractivity contribution in [2.24, 2.45) is 0 Å². The first-order chi connectivity index (χ1) is 9.17. The summed E-state index contributed by atoms with van der Waals surface area (Å²) in [6.07, 6.45) is -0.0253. The molecule has 0 saturated carbocycles. The molecule has 0 aliphatic carbocycles. The number of hydrogen-bond donors (Lipinski definition) is 1. The SMILES string of the molecule is N#Cc1cccc(Oc2ccc(CC(=O)O)cc2)n1. The number of hydrogen-bond acceptors (Lipinski definition) is 4. The van der Waals surface area contributed by atoms with Crippen LogP contribution in [0.25, 0.3) is 0 Å². The molecule has 0 aliphatic rings. The van der Waals surface area contributed by atoms with Gasteiger partial charge in [0.2, 0.25) is 5.88 Å². The van der Waals surface area contributed by atoms with Gasteiger partial charge in [-0.05, 0) is 23.8 Å². The fourth-order valence-electron chi connectivity index (χ4n) is 1.50. The highest BCUT2D eigenvalue weighted by molar-refractivity contribution is 5.70. The van der Waals surface area contributed by atoms with E-state index in [4.69, 9.17) is 15.1 Å². The second kappa shape index (κ2) is 5.65. The number of nitrogens with zero attached hydrogens (tertiary/aromatic N) is 2. The van der Waals surface area contributed by atoms with Gasteiger partial charge in [0.05, 0.1) is 6.42 Å². The predicted molar refractivity (Wildman–Crippen MR) is 66.8 cm³/mol. The lowest BCUT2D eigenvalue weighted by Gasteiger charge is -2.05. The van der Waals surface area contributed by atoms with E-state index in [1.165, 1.54) is 0 Å². The second-order valence-corrected chi connectivity index (χ2v) is 3.79. The van der Waals surface area contributed by atoms with Crippen molar-refractivity contribution in [3.63, 3.8) is 0 Å². The van der Waals surface area contributed by atoms with Crippen LogP contribution in [0.15, 0.2) is 42.5 Å². The van der Waals surface area contributed by atoms with Crippen LogP contribution in [0.3, 0.4) is 0 Å². The van der Waals surface area contributed by atoms with Gasteiger partial charge in [-0.25, -0.2) is 4.98 Å². The van der Waals surface area contributed by atoms with E-state index in [-0.39, 0.29) is 12.1 Å². The van der Waals surface area contributed by atoms with Crippen molar-refractivity contribution in [1.82, 2.24) is 4.98 Å². The van der Waals surface area contributed by atoms with Gasteiger partial charge in [0, 0.05) is 6.07 Å². The van der Waals surface area contributed by atoms with Crippen LogP contribution in [0, 0.1) is 11.3 Å².